The summed E-state index contributed by atoms with van der Waals surface area (Å²) in [7, 11) is 4.51. The van der Waals surface area contributed by atoms with Crippen LogP contribution < -0.4 is 9.47 Å². The van der Waals surface area contributed by atoms with E-state index >= 15 is 0 Å². The maximum Gasteiger partial charge on any atom is 0.295 e. The number of hydrogen-bond acceptors (Lipinski definition) is 7. The van der Waals surface area contributed by atoms with Crippen molar-refractivity contribution in [2.45, 2.75) is 19.4 Å². The highest BCUT2D eigenvalue weighted by Gasteiger charge is 2.46. The van der Waals surface area contributed by atoms with Crippen molar-refractivity contribution in [2.24, 2.45) is 0 Å². The minimum atomic E-state index is -0.845. The first-order valence-corrected chi connectivity index (χ1v) is 10.1. The van der Waals surface area contributed by atoms with Crippen LogP contribution in [0.2, 0.25) is 0 Å². The van der Waals surface area contributed by atoms with Gasteiger partial charge in [0.1, 0.15) is 11.5 Å². The predicted molar refractivity (Wildman–Crippen MR) is 118 cm³/mol. The van der Waals surface area contributed by atoms with Crippen molar-refractivity contribution in [2.75, 3.05) is 34.5 Å². The van der Waals surface area contributed by atoms with Crippen molar-refractivity contribution in [1.82, 2.24) is 4.90 Å². The maximum absolute atomic E-state index is 13.1. The second-order valence-electron chi connectivity index (χ2n) is 7.45. The van der Waals surface area contributed by atoms with Gasteiger partial charge in [-0.3, -0.25) is 9.59 Å². The van der Waals surface area contributed by atoms with Gasteiger partial charge in [0.15, 0.2) is 11.5 Å². The van der Waals surface area contributed by atoms with Crippen molar-refractivity contribution in [3.8, 4) is 17.2 Å². The van der Waals surface area contributed by atoms with Crippen LogP contribution in [0.25, 0.3) is 5.76 Å². The Morgan fingerprint density at radius 1 is 1.06 bits per heavy atom. The summed E-state index contributed by atoms with van der Waals surface area (Å²) in [5, 5.41) is 21.2. The highest BCUT2D eigenvalue weighted by molar-refractivity contribution is 6.46. The molecule has 2 N–H and O–H groups in total. The van der Waals surface area contributed by atoms with E-state index in [1.807, 2.05) is 0 Å². The molecule has 0 bridgehead atoms. The fourth-order valence-corrected chi connectivity index (χ4v) is 3.87. The number of nitrogens with zero attached hydrogens (tertiary/aromatic N) is 1. The first-order chi connectivity index (χ1) is 15.3. The first-order valence-electron chi connectivity index (χ1n) is 10.1. The Labute approximate surface area is 186 Å². The van der Waals surface area contributed by atoms with Gasteiger partial charge in [-0.15, -0.1) is 0 Å². The number of ether oxygens (including phenoxy) is 3. The number of aryl methyl sites for hydroxylation is 1. The SMILES string of the molecule is COCCCN1C(=O)C(=O)C(=C(O)c2ccc(OC)cc2C)[C@H]1c1ccc(O)c(OC)c1. The van der Waals surface area contributed by atoms with Crippen LogP contribution in [0.15, 0.2) is 42.0 Å². The molecule has 8 heteroatoms. The number of aliphatic hydroxyl groups is 1. The normalized spacial score (nSPS) is 17.6. The van der Waals surface area contributed by atoms with Crippen LogP contribution in [0.5, 0.6) is 17.2 Å². The third-order valence-electron chi connectivity index (χ3n) is 5.50. The van der Waals surface area contributed by atoms with E-state index < -0.39 is 17.7 Å². The zero-order valence-corrected chi connectivity index (χ0v) is 18.5. The molecule has 3 rings (SSSR count). The second kappa shape index (κ2) is 9.74. The van der Waals surface area contributed by atoms with Gasteiger partial charge in [-0.2, -0.15) is 0 Å². The molecule has 0 spiro atoms. The van der Waals surface area contributed by atoms with E-state index in [9.17, 15) is 19.8 Å². The van der Waals surface area contributed by atoms with Gasteiger partial charge in [-0.05, 0) is 54.8 Å². The van der Waals surface area contributed by atoms with Crippen molar-refractivity contribution in [3.05, 3.63) is 58.7 Å². The van der Waals surface area contributed by atoms with Crippen molar-refractivity contribution >= 4 is 17.4 Å². The molecule has 0 unspecified atom stereocenters. The lowest BCUT2D eigenvalue weighted by molar-refractivity contribution is -0.140. The zero-order valence-electron chi connectivity index (χ0n) is 18.5. The minimum absolute atomic E-state index is 0.0200. The number of carbonyl (C=O) groups excluding carboxylic acids is 2. The summed E-state index contributed by atoms with van der Waals surface area (Å²) in [4.78, 5) is 27.4. The standard InChI is InChI=1S/C24H27NO7/c1-14-12-16(31-3)7-8-17(14)22(27)20-21(15-6-9-18(26)19(13-15)32-4)25(10-5-11-30-2)24(29)23(20)28/h6-9,12-13,21,26-27H,5,10-11H2,1-4H3/t21-/m1/s1. The van der Waals surface area contributed by atoms with Gasteiger partial charge in [0.25, 0.3) is 11.7 Å². The van der Waals surface area contributed by atoms with Gasteiger partial charge in [0.05, 0.1) is 25.8 Å². The Bertz CT molecular complexity index is 1060. The largest absolute Gasteiger partial charge is 0.507 e. The van der Waals surface area contributed by atoms with Gasteiger partial charge in [0.2, 0.25) is 0 Å². The lowest BCUT2D eigenvalue weighted by Crippen LogP contribution is -2.31. The number of methoxy groups -OCH3 is 3. The molecule has 1 fully saturated rings. The molecule has 1 heterocycles. The fraction of sp³-hybridized carbons (Fsp3) is 0.333. The zero-order chi connectivity index (χ0) is 23.4. The lowest BCUT2D eigenvalue weighted by Gasteiger charge is -2.26. The minimum Gasteiger partial charge on any atom is -0.507 e. The van der Waals surface area contributed by atoms with Crippen LogP contribution in [0, 0.1) is 6.92 Å². The van der Waals surface area contributed by atoms with Gasteiger partial charge in [-0.25, -0.2) is 0 Å². The number of likely N-dealkylation sites (tertiary alicyclic amines) is 1. The van der Waals surface area contributed by atoms with Crippen LogP contribution in [-0.2, 0) is 14.3 Å². The van der Waals surface area contributed by atoms with Crippen molar-refractivity contribution in [3.63, 3.8) is 0 Å². The van der Waals surface area contributed by atoms with Crippen LogP contribution in [0.1, 0.15) is 29.2 Å². The Balaban J connectivity index is 2.18. The molecule has 2 aromatic rings. The number of Topliss-reactive ketones (excluding diaryl/α,β-unsaturated/α-hetero) is 1. The molecule has 1 aliphatic heterocycles. The molecule has 32 heavy (non-hydrogen) atoms. The number of aliphatic hydroxyl groups excluding tert-OH is 1. The highest BCUT2D eigenvalue weighted by atomic mass is 16.5. The van der Waals surface area contributed by atoms with E-state index in [0.717, 1.165) is 0 Å². The molecule has 8 nitrogen and oxygen atoms in total. The topological polar surface area (TPSA) is 106 Å². The maximum atomic E-state index is 13.1. The molecule has 2 aromatic carbocycles. The van der Waals surface area contributed by atoms with Crippen molar-refractivity contribution in [1.29, 1.82) is 0 Å². The average molecular weight is 441 g/mol. The van der Waals surface area contributed by atoms with E-state index in [2.05, 4.69) is 0 Å². The lowest BCUT2D eigenvalue weighted by atomic mass is 9.93. The van der Waals surface area contributed by atoms with Crippen LogP contribution in [0.4, 0.5) is 0 Å². The molecular formula is C24H27NO7. The Morgan fingerprint density at radius 3 is 2.44 bits per heavy atom. The molecule has 1 amide bonds. The predicted octanol–water partition coefficient (Wildman–Crippen LogP) is 3.18. The second-order valence-corrected chi connectivity index (χ2v) is 7.45. The first kappa shape index (κ1) is 23.1. The summed E-state index contributed by atoms with van der Waals surface area (Å²) < 4.78 is 15.5. The number of rotatable bonds is 8. The van der Waals surface area contributed by atoms with Crippen LogP contribution in [-0.4, -0.2) is 61.3 Å². The Kier molecular flexibility index (Phi) is 7.05. The number of carbonyl (C=O) groups is 2. The molecule has 0 saturated carbocycles. The van der Waals surface area contributed by atoms with Gasteiger partial charge < -0.3 is 29.3 Å². The van der Waals surface area contributed by atoms with E-state index in [4.69, 9.17) is 14.2 Å². The number of benzene rings is 2. The molecule has 170 valence electrons. The van der Waals surface area contributed by atoms with E-state index in [1.165, 1.54) is 25.2 Å². The summed E-state index contributed by atoms with van der Waals surface area (Å²) in [5.74, 6) is -1.00. The van der Waals surface area contributed by atoms with Gasteiger partial charge in [-0.1, -0.05) is 6.07 Å². The van der Waals surface area contributed by atoms with Crippen LogP contribution >= 0.6 is 0 Å². The number of phenolic OH excluding ortho intramolecular Hbond substituents is 1. The number of hydrogen-bond donors (Lipinski definition) is 2. The summed E-state index contributed by atoms with van der Waals surface area (Å²) in [5.41, 5.74) is 1.63. The van der Waals surface area contributed by atoms with Gasteiger partial charge in [0, 0.05) is 25.8 Å². The average Bonchev–Trinajstić information content (AvgIpc) is 3.04. The third kappa shape index (κ3) is 4.27. The number of ketones is 1. The van der Waals surface area contributed by atoms with E-state index in [1.54, 1.807) is 44.4 Å². The third-order valence-corrected chi connectivity index (χ3v) is 5.50. The quantitative estimate of drug-likeness (QED) is 0.281. The summed E-state index contributed by atoms with van der Waals surface area (Å²) in [6, 6.07) is 8.81. The fourth-order valence-electron chi connectivity index (χ4n) is 3.87. The van der Waals surface area contributed by atoms with E-state index in [-0.39, 0.29) is 29.4 Å². The summed E-state index contributed by atoms with van der Waals surface area (Å²) in [6.45, 7) is 2.45. The Hall–Kier alpha value is -3.52. The number of aromatic hydroxyl groups is 1. The molecule has 0 aliphatic carbocycles. The molecule has 1 atom stereocenters. The smallest absolute Gasteiger partial charge is 0.295 e. The summed E-state index contributed by atoms with van der Waals surface area (Å²) in [6.07, 6.45) is 0.511. The molecule has 1 saturated heterocycles. The number of phenols is 1. The van der Waals surface area contributed by atoms with Gasteiger partial charge >= 0.3 is 0 Å². The molecular weight excluding hydrogens is 414 g/mol. The van der Waals surface area contributed by atoms with Crippen LogP contribution in [0.3, 0.4) is 0 Å². The monoisotopic (exact) mass is 441 g/mol. The molecule has 0 radical (unpaired) electrons. The summed E-state index contributed by atoms with van der Waals surface area (Å²) >= 11 is 0. The Morgan fingerprint density at radius 2 is 1.81 bits per heavy atom. The molecule has 1 aliphatic rings. The van der Waals surface area contributed by atoms with E-state index in [0.29, 0.717) is 35.5 Å². The molecule has 0 aromatic heterocycles. The highest BCUT2D eigenvalue weighted by Crippen LogP contribution is 2.42. The number of amides is 1. The van der Waals surface area contributed by atoms with Crippen molar-refractivity contribution < 1.29 is 34.0 Å².